The van der Waals surface area contributed by atoms with E-state index in [9.17, 15) is 4.39 Å². The molecule has 0 aliphatic carbocycles. The molecule has 0 aliphatic rings. The van der Waals surface area contributed by atoms with Crippen molar-refractivity contribution in [2.24, 2.45) is 0 Å². The summed E-state index contributed by atoms with van der Waals surface area (Å²) in [5.41, 5.74) is 1.90. The fourth-order valence-electron chi connectivity index (χ4n) is 1.89. The van der Waals surface area contributed by atoms with Gasteiger partial charge in [0.25, 0.3) is 0 Å². The maximum atomic E-state index is 14.1. The van der Waals surface area contributed by atoms with Gasteiger partial charge in [-0.2, -0.15) is 0 Å². The van der Waals surface area contributed by atoms with E-state index >= 15 is 0 Å². The number of hydrogen-bond acceptors (Lipinski definition) is 1. The number of aryl methyl sites for hydroxylation is 1. The molecule has 0 heterocycles. The van der Waals surface area contributed by atoms with E-state index in [0.29, 0.717) is 11.1 Å². The van der Waals surface area contributed by atoms with Crippen LogP contribution in [-0.4, -0.2) is 7.11 Å². The summed E-state index contributed by atoms with van der Waals surface area (Å²) < 4.78 is 20.0. The summed E-state index contributed by atoms with van der Waals surface area (Å²) in [4.78, 5) is 0. The predicted octanol–water partition coefficient (Wildman–Crippen LogP) is 5.23. The molecule has 0 bridgehead atoms. The topological polar surface area (TPSA) is 9.23 Å². The molecule has 4 heteroatoms. The molecule has 0 aromatic heterocycles. The average Bonchev–Trinajstić information content (AvgIpc) is 2.41. The Hall–Kier alpha value is -1.06. The molecule has 1 atom stereocenters. The summed E-state index contributed by atoms with van der Waals surface area (Å²) in [6, 6.07) is 10.7. The van der Waals surface area contributed by atoms with Crippen LogP contribution in [-0.2, 0) is 0 Å². The van der Waals surface area contributed by atoms with Crippen molar-refractivity contribution < 1.29 is 9.13 Å². The Labute approximate surface area is 125 Å². The zero-order valence-corrected chi connectivity index (χ0v) is 12.9. The van der Waals surface area contributed by atoms with Gasteiger partial charge < -0.3 is 4.74 Å². The number of hydrogen-bond donors (Lipinski definition) is 0. The summed E-state index contributed by atoms with van der Waals surface area (Å²) >= 11 is 9.78. The molecule has 100 valence electrons. The number of methoxy groups -OCH3 is 1. The largest absolute Gasteiger partial charge is 0.496 e. The van der Waals surface area contributed by atoms with E-state index in [4.69, 9.17) is 16.3 Å². The lowest BCUT2D eigenvalue weighted by atomic mass is 10.0. The minimum atomic E-state index is -0.526. The molecule has 2 aromatic rings. The molecule has 2 rings (SSSR count). The van der Waals surface area contributed by atoms with Crippen molar-refractivity contribution in [1.82, 2.24) is 0 Å². The van der Waals surface area contributed by atoms with E-state index in [1.165, 1.54) is 0 Å². The first-order valence-electron chi connectivity index (χ1n) is 5.77. The normalized spacial score (nSPS) is 12.3. The fraction of sp³-hybridized carbons (Fsp3) is 0.200. The maximum absolute atomic E-state index is 14.1. The average molecular weight is 344 g/mol. The first-order chi connectivity index (χ1) is 9.04. The highest BCUT2D eigenvalue weighted by atomic mass is 79.9. The Kier molecular flexibility index (Phi) is 4.48. The molecule has 19 heavy (non-hydrogen) atoms. The van der Waals surface area contributed by atoms with Crippen LogP contribution in [0.25, 0.3) is 0 Å². The lowest BCUT2D eigenvalue weighted by Crippen LogP contribution is -1.99. The highest BCUT2D eigenvalue weighted by Gasteiger charge is 2.17. The van der Waals surface area contributed by atoms with Gasteiger partial charge in [-0.3, -0.25) is 0 Å². The van der Waals surface area contributed by atoms with Crippen molar-refractivity contribution in [3.63, 3.8) is 0 Å². The Bertz CT molecular complexity index is 601. The second kappa shape index (κ2) is 5.93. The summed E-state index contributed by atoms with van der Waals surface area (Å²) in [5.74, 6) is 0.465. The zero-order chi connectivity index (χ0) is 14.0. The number of rotatable bonds is 3. The van der Waals surface area contributed by atoms with Crippen LogP contribution in [0.3, 0.4) is 0 Å². The second-order valence-corrected chi connectivity index (χ2v) is 5.53. The van der Waals surface area contributed by atoms with E-state index < -0.39 is 5.38 Å². The lowest BCUT2D eigenvalue weighted by molar-refractivity contribution is 0.412. The van der Waals surface area contributed by atoms with Crippen LogP contribution in [0, 0.1) is 12.7 Å². The second-order valence-electron chi connectivity index (χ2n) is 4.23. The van der Waals surface area contributed by atoms with Crippen LogP contribution in [0.5, 0.6) is 5.75 Å². The van der Waals surface area contributed by atoms with Gasteiger partial charge in [0, 0.05) is 5.56 Å². The monoisotopic (exact) mass is 342 g/mol. The molecule has 1 nitrogen and oxygen atoms in total. The summed E-state index contributed by atoms with van der Waals surface area (Å²) in [7, 11) is 1.60. The standard InChI is InChI=1S/C15H13BrClFO/c1-9-4-3-5-11(15(9)18)14(17)10-6-7-13(19-2)12(16)8-10/h3-8,14H,1-2H3. The lowest BCUT2D eigenvalue weighted by Gasteiger charge is -2.14. The quantitative estimate of drug-likeness (QED) is 0.693. The van der Waals surface area contributed by atoms with Crippen LogP contribution in [0.15, 0.2) is 40.9 Å². The van der Waals surface area contributed by atoms with Gasteiger partial charge in [0.1, 0.15) is 11.6 Å². The first-order valence-corrected chi connectivity index (χ1v) is 7.00. The van der Waals surface area contributed by atoms with Crippen LogP contribution in [0.1, 0.15) is 22.1 Å². The zero-order valence-electron chi connectivity index (χ0n) is 10.6. The van der Waals surface area contributed by atoms with Gasteiger partial charge in [-0.25, -0.2) is 4.39 Å². The van der Waals surface area contributed by atoms with Crippen molar-refractivity contribution in [2.45, 2.75) is 12.3 Å². The Morgan fingerprint density at radius 3 is 2.63 bits per heavy atom. The van der Waals surface area contributed by atoms with Gasteiger partial charge in [0.05, 0.1) is 17.0 Å². The fourth-order valence-corrected chi connectivity index (χ4v) is 2.75. The molecule has 0 amide bonds. The summed E-state index contributed by atoms with van der Waals surface area (Å²) in [6.45, 7) is 1.73. The number of alkyl halides is 1. The Morgan fingerprint density at radius 1 is 1.26 bits per heavy atom. The molecule has 0 N–H and O–H groups in total. The van der Waals surface area contributed by atoms with Crippen molar-refractivity contribution in [1.29, 1.82) is 0 Å². The smallest absolute Gasteiger partial charge is 0.133 e. The third kappa shape index (κ3) is 2.93. The van der Waals surface area contributed by atoms with Crippen LogP contribution in [0.2, 0.25) is 0 Å². The van der Waals surface area contributed by atoms with Crippen molar-refractivity contribution in [3.8, 4) is 5.75 Å². The van der Waals surface area contributed by atoms with Crippen LogP contribution >= 0.6 is 27.5 Å². The van der Waals surface area contributed by atoms with E-state index in [1.807, 2.05) is 24.3 Å². The molecule has 0 fully saturated rings. The van der Waals surface area contributed by atoms with Crippen molar-refractivity contribution in [2.75, 3.05) is 7.11 Å². The molecule has 1 unspecified atom stereocenters. The molecule has 0 radical (unpaired) electrons. The highest BCUT2D eigenvalue weighted by molar-refractivity contribution is 9.10. The SMILES string of the molecule is COc1ccc(C(Cl)c2cccc(C)c2F)cc1Br. The van der Waals surface area contributed by atoms with E-state index in [1.54, 1.807) is 26.2 Å². The van der Waals surface area contributed by atoms with Crippen molar-refractivity contribution in [3.05, 3.63) is 63.4 Å². The van der Waals surface area contributed by atoms with Gasteiger partial charge in [-0.15, -0.1) is 11.6 Å². The third-order valence-corrected chi connectivity index (χ3v) is 4.07. The minimum Gasteiger partial charge on any atom is -0.496 e. The molecule has 0 aliphatic heterocycles. The number of benzene rings is 2. The molecular weight excluding hydrogens is 331 g/mol. The Morgan fingerprint density at radius 2 is 2.00 bits per heavy atom. The first kappa shape index (κ1) is 14.4. The molecule has 0 saturated heterocycles. The number of ether oxygens (including phenoxy) is 1. The molecule has 2 aromatic carbocycles. The van der Waals surface area contributed by atoms with Gasteiger partial charge >= 0.3 is 0 Å². The van der Waals surface area contributed by atoms with Gasteiger partial charge in [0.15, 0.2) is 0 Å². The van der Waals surface area contributed by atoms with Crippen LogP contribution in [0.4, 0.5) is 4.39 Å². The van der Waals surface area contributed by atoms with Crippen molar-refractivity contribution >= 4 is 27.5 Å². The maximum Gasteiger partial charge on any atom is 0.133 e. The molecular formula is C15H13BrClFO. The molecule has 0 spiro atoms. The van der Waals surface area contributed by atoms with E-state index in [2.05, 4.69) is 15.9 Å². The molecule has 0 saturated carbocycles. The summed E-state index contributed by atoms with van der Waals surface area (Å²) in [5, 5.41) is -0.526. The predicted molar refractivity (Wildman–Crippen MR) is 79.5 cm³/mol. The minimum absolute atomic E-state index is 0.255. The summed E-state index contributed by atoms with van der Waals surface area (Å²) in [6.07, 6.45) is 0. The van der Waals surface area contributed by atoms with Gasteiger partial charge in [0.2, 0.25) is 0 Å². The van der Waals surface area contributed by atoms with Gasteiger partial charge in [-0.1, -0.05) is 24.3 Å². The van der Waals surface area contributed by atoms with E-state index in [0.717, 1.165) is 15.8 Å². The Balaban J connectivity index is 2.41. The highest BCUT2D eigenvalue weighted by Crippen LogP contribution is 2.35. The van der Waals surface area contributed by atoms with Gasteiger partial charge in [-0.05, 0) is 46.1 Å². The third-order valence-electron chi connectivity index (χ3n) is 2.96. The van der Waals surface area contributed by atoms with Crippen LogP contribution < -0.4 is 4.74 Å². The number of halogens is 3. The van der Waals surface area contributed by atoms with E-state index in [-0.39, 0.29) is 5.82 Å².